The Hall–Kier alpha value is 1.67. The van der Waals surface area contributed by atoms with Gasteiger partial charge in [0.2, 0.25) is 0 Å². The molecule has 1 atom stereocenters. The fourth-order valence-electron chi connectivity index (χ4n) is 0. The van der Waals surface area contributed by atoms with E-state index in [1.807, 2.05) is 0 Å². The second-order valence-electron chi connectivity index (χ2n) is 0.421. The second kappa shape index (κ2) is 17.0. The topological polar surface area (TPSA) is 124 Å². The van der Waals surface area contributed by atoms with E-state index in [1.165, 1.54) is 0 Å². The quantitative estimate of drug-likeness (QED) is 0.350. The third kappa shape index (κ3) is 260. The van der Waals surface area contributed by atoms with E-state index < -0.39 is 22.7 Å². The third-order valence-electron chi connectivity index (χ3n) is 0. The van der Waals surface area contributed by atoms with Crippen molar-refractivity contribution in [1.29, 1.82) is 0 Å². The van der Waals surface area contributed by atoms with Crippen molar-refractivity contribution >= 4 is 68.8 Å². The van der Waals surface area contributed by atoms with Crippen LogP contribution in [0.1, 0.15) is 0 Å². The molecule has 0 aromatic heterocycles. The molecule has 10 heavy (non-hydrogen) atoms. The maximum absolute atomic E-state index is 8.56. The third-order valence-corrected chi connectivity index (χ3v) is 0. The van der Waals surface area contributed by atoms with Gasteiger partial charge in [-0.15, -0.1) is 11.4 Å². The first-order valence-electron chi connectivity index (χ1n) is 1.02. The number of hydrogen-bond acceptors (Lipinski definition) is 5. The largest absolute Gasteiger partial charge is 2.00 e. The first-order valence-corrected chi connectivity index (χ1v) is 3.05. The van der Waals surface area contributed by atoms with Gasteiger partial charge in [-0.1, -0.05) is 0 Å². The molecule has 0 spiro atoms. The van der Waals surface area contributed by atoms with Crippen LogP contribution in [0.25, 0.3) is 0 Å². The van der Waals surface area contributed by atoms with Crippen LogP contribution in [0.3, 0.4) is 0 Å². The minimum absolute atomic E-state index is 0. The maximum Gasteiger partial charge on any atom is 2.00 e. The van der Waals surface area contributed by atoms with Crippen molar-refractivity contribution in [2.75, 3.05) is 0 Å². The standard InChI is InChI=1S/2Mg.2H2O3S/c;;2*1-4(2)3/h;;2*(H2,1,2,3)/q2*+2;;/p-3. The summed E-state index contributed by atoms with van der Waals surface area (Å²) in [5.74, 6) is 0. The summed E-state index contributed by atoms with van der Waals surface area (Å²) in [4.78, 5) is 0. The van der Waals surface area contributed by atoms with Gasteiger partial charge in [-0.05, 0) is 0 Å². The molecule has 6 nitrogen and oxygen atoms in total. The minimum Gasteiger partial charge on any atom is -0.784 e. The number of rotatable bonds is 0. The average molecular weight is 210 g/mol. The normalized spacial score (nSPS) is 9.70. The van der Waals surface area contributed by atoms with Crippen molar-refractivity contribution in [2.45, 2.75) is 0 Å². The predicted molar refractivity (Wildman–Crippen MR) is 32.8 cm³/mol. The van der Waals surface area contributed by atoms with Gasteiger partial charge in [-0.25, -0.2) is 4.21 Å². The Morgan fingerprint density at radius 3 is 1.00 bits per heavy atom. The van der Waals surface area contributed by atoms with Crippen LogP contribution in [0, 0.1) is 0 Å². The molecular weight excluding hydrogens is 209 g/mol. The molecular formula is HMg2O6S2+. The van der Waals surface area contributed by atoms with Crippen LogP contribution in [0.2, 0.25) is 0 Å². The smallest absolute Gasteiger partial charge is 0.784 e. The molecule has 0 aromatic carbocycles. The van der Waals surface area contributed by atoms with Crippen LogP contribution in [0.15, 0.2) is 0 Å². The molecule has 0 aliphatic heterocycles. The van der Waals surface area contributed by atoms with E-state index >= 15 is 0 Å². The minimum atomic E-state index is -3.11. The van der Waals surface area contributed by atoms with Crippen molar-refractivity contribution in [3.8, 4) is 0 Å². The predicted octanol–water partition coefficient (Wildman–Crippen LogP) is -2.43. The molecule has 0 bridgehead atoms. The van der Waals surface area contributed by atoms with Gasteiger partial charge in [0.05, 0.1) is 11.4 Å². The molecule has 0 aliphatic carbocycles. The van der Waals surface area contributed by atoms with Crippen LogP contribution < -0.4 is 0 Å². The van der Waals surface area contributed by atoms with Crippen LogP contribution in [-0.2, 0) is 22.7 Å². The van der Waals surface area contributed by atoms with Crippen molar-refractivity contribution in [2.24, 2.45) is 0 Å². The molecule has 0 aliphatic rings. The van der Waals surface area contributed by atoms with Crippen molar-refractivity contribution in [1.82, 2.24) is 0 Å². The van der Waals surface area contributed by atoms with E-state index in [2.05, 4.69) is 0 Å². The molecule has 0 aromatic rings. The van der Waals surface area contributed by atoms with Crippen LogP contribution >= 0.6 is 0 Å². The first-order chi connectivity index (χ1) is 3.46. The van der Waals surface area contributed by atoms with Crippen molar-refractivity contribution < 1.29 is 26.6 Å². The molecule has 0 radical (unpaired) electrons. The summed E-state index contributed by atoms with van der Waals surface area (Å²) in [5.41, 5.74) is 0. The molecule has 1 N–H and O–H groups in total. The molecule has 0 heterocycles. The van der Waals surface area contributed by atoms with Gasteiger partial charge in [0, 0.05) is 0 Å². The second-order valence-corrected chi connectivity index (χ2v) is 1.26. The Labute approximate surface area is 94.7 Å². The molecule has 0 saturated heterocycles. The van der Waals surface area contributed by atoms with E-state index in [0.29, 0.717) is 0 Å². The summed E-state index contributed by atoms with van der Waals surface area (Å²) < 4.78 is 49.4. The molecule has 0 rings (SSSR count). The number of hydrogen-bond donors (Lipinski definition) is 1. The van der Waals surface area contributed by atoms with Gasteiger partial charge in [0.1, 0.15) is 0 Å². The Kier molecular flexibility index (Phi) is 38.3. The van der Waals surface area contributed by atoms with Gasteiger partial charge in [-0.3, -0.25) is 4.21 Å². The van der Waals surface area contributed by atoms with Crippen molar-refractivity contribution in [3.63, 3.8) is 0 Å². The van der Waals surface area contributed by atoms with Gasteiger partial charge in [0.25, 0.3) is 0 Å². The summed E-state index contributed by atoms with van der Waals surface area (Å²) in [6.45, 7) is 0. The molecule has 0 saturated carbocycles. The summed E-state index contributed by atoms with van der Waals surface area (Å²) in [5, 5.41) is 0. The first kappa shape index (κ1) is 22.6. The average Bonchev–Trinajstić information content (AvgIpc) is 1.25. The van der Waals surface area contributed by atoms with E-state index in [-0.39, 0.29) is 46.1 Å². The summed E-state index contributed by atoms with van der Waals surface area (Å²) in [6, 6.07) is 0. The van der Waals surface area contributed by atoms with Crippen molar-refractivity contribution in [3.05, 3.63) is 0 Å². The SMILES string of the molecule is O=S([O-])O.O=S([O-])[O-].[Mg+2].[Mg+2]. The maximum atomic E-state index is 8.56. The van der Waals surface area contributed by atoms with Gasteiger partial charge >= 0.3 is 46.1 Å². The fourth-order valence-corrected chi connectivity index (χ4v) is 0. The monoisotopic (exact) mass is 209 g/mol. The van der Waals surface area contributed by atoms with Gasteiger partial charge in [0.15, 0.2) is 0 Å². The fraction of sp³-hybridized carbons (Fsp3) is 0. The molecule has 0 fully saturated rings. The Balaban J connectivity index is -0.0000000300. The van der Waals surface area contributed by atoms with E-state index in [0.717, 1.165) is 0 Å². The zero-order valence-corrected chi connectivity index (χ0v) is 9.18. The molecule has 0 amide bonds. The Morgan fingerprint density at radius 1 is 1.00 bits per heavy atom. The Bertz CT molecular complexity index is 71.7. The molecule has 52 valence electrons. The van der Waals surface area contributed by atoms with Gasteiger partial charge in [-0.2, -0.15) is 0 Å². The zero-order valence-electron chi connectivity index (χ0n) is 4.72. The van der Waals surface area contributed by atoms with Crippen LogP contribution in [0.5, 0.6) is 0 Å². The van der Waals surface area contributed by atoms with E-state index in [9.17, 15) is 0 Å². The summed E-state index contributed by atoms with van der Waals surface area (Å²) in [7, 11) is 0. The molecule has 1 unspecified atom stereocenters. The zero-order chi connectivity index (χ0) is 7.15. The Morgan fingerprint density at radius 2 is 1.00 bits per heavy atom. The van der Waals surface area contributed by atoms with Crippen LogP contribution in [-0.4, -0.2) is 72.7 Å². The summed E-state index contributed by atoms with van der Waals surface area (Å²) in [6.07, 6.45) is 0. The van der Waals surface area contributed by atoms with Gasteiger partial charge < -0.3 is 18.2 Å². The van der Waals surface area contributed by atoms with E-state index in [4.69, 9.17) is 26.6 Å². The van der Waals surface area contributed by atoms with Crippen LogP contribution in [0.4, 0.5) is 0 Å². The van der Waals surface area contributed by atoms with E-state index in [1.54, 1.807) is 0 Å². The molecule has 10 heteroatoms. The summed E-state index contributed by atoms with van der Waals surface area (Å²) >= 11 is -5.97.